The maximum atomic E-state index is 13.2. The van der Waals surface area contributed by atoms with Crippen LogP contribution in [0.4, 0.5) is 0 Å². The first kappa shape index (κ1) is 18.8. The maximum absolute atomic E-state index is 13.2. The molecule has 0 bridgehead atoms. The minimum atomic E-state index is -3.51. The van der Waals surface area contributed by atoms with E-state index in [9.17, 15) is 8.42 Å². The van der Waals surface area contributed by atoms with Gasteiger partial charge in [-0.1, -0.05) is 51.3 Å². The van der Waals surface area contributed by atoms with E-state index in [1.165, 1.54) is 0 Å². The fraction of sp³-hybridized carbons (Fsp3) is 0.667. The molecule has 1 fully saturated rings. The Morgan fingerprint density at radius 2 is 1.87 bits per heavy atom. The van der Waals surface area contributed by atoms with Crippen LogP contribution in [0.2, 0.25) is 0 Å². The molecule has 2 rings (SSSR count). The standard InChI is InChI=1S/C18H28ClNO2S/c1-5-6-7-17-18(3,4)12-15(19)13-20(17)23(21,22)16-10-8-14(2)9-11-16/h8-11,15,17H,5-7,12-13H2,1-4H3/t15-,17+/m1/s1. The summed E-state index contributed by atoms with van der Waals surface area (Å²) in [6.07, 6.45) is 3.83. The molecule has 1 aliphatic heterocycles. The van der Waals surface area contributed by atoms with Gasteiger partial charge < -0.3 is 0 Å². The first-order chi connectivity index (χ1) is 10.7. The zero-order chi connectivity index (χ0) is 17.3. The third-order valence-electron chi connectivity index (χ3n) is 4.83. The van der Waals surface area contributed by atoms with Crippen LogP contribution in [0.3, 0.4) is 0 Å². The summed E-state index contributed by atoms with van der Waals surface area (Å²) in [4.78, 5) is 0.367. The molecule has 1 aromatic carbocycles. The lowest BCUT2D eigenvalue weighted by molar-refractivity contribution is 0.0947. The molecular weight excluding hydrogens is 330 g/mol. The zero-order valence-electron chi connectivity index (χ0n) is 14.5. The minimum absolute atomic E-state index is 0.00348. The highest BCUT2D eigenvalue weighted by Crippen LogP contribution is 2.41. The molecule has 0 unspecified atom stereocenters. The van der Waals surface area contributed by atoms with E-state index in [1.807, 2.05) is 19.1 Å². The smallest absolute Gasteiger partial charge is 0.207 e. The predicted molar refractivity (Wildman–Crippen MR) is 96.4 cm³/mol. The highest BCUT2D eigenvalue weighted by molar-refractivity contribution is 7.89. The average Bonchev–Trinajstić information content (AvgIpc) is 2.45. The Balaban J connectivity index is 2.40. The lowest BCUT2D eigenvalue weighted by atomic mass is 9.75. The molecule has 0 saturated carbocycles. The molecule has 1 aromatic rings. The van der Waals surface area contributed by atoms with Crippen molar-refractivity contribution in [1.82, 2.24) is 4.31 Å². The Morgan fingerprint density at radius 3 is 2.43 bits per heavy atom. The Morgan fingerprint density at radius 1 is 1.26 bits per heavy atom. The highest BCUT2D eigenvalue weighted by Gasteiger charge is 2.45. The molecule has 0 radical (unpaired) electrons. The maximum Gasteiger partial charge on any atom is 0.243 e. The summed E-state index contributed by atoms with van der Waals surface area (Å²) in [5.41, 5.74) is 0.943. The monoisotopic (exact) mass is 357 g/mol. The Labute approximate surface area is 146 Å². The van der Waals surface area contributed by atoms with Gasteiger partial charge in [0.2, 0.25) is 10.0 Å². The molecule has 0 N–H and O–H groups in total. The molecule has 0 aromatic heterocycles. The number of halogens is 1. The second-order valence-corrected chi connectivity index (χ2v) is 9.84. The summed E-state index contributed by atoms with van der Waals surface area (Å²) >= 11 is 6.41. The van der Waals surface area contributed by atoms with Gasteiger partial charge in [0.05, 0.1) is 4.90 Å². The molecule has 3 nitrogen and oxygen atoms in total. The number of rotatable bonds is 5. The van der Waals surface area contributed by atoms with Crippen LogP contribution >= 0.6 is 11.6 Å². The van der Waals surface area contributed by atoms with Gasteiger partial charge in [0, 0.05) is 18.0 Å². The van der Waals surface area contributed by atoms with Crippen molar-refractivity contribution in [2.45, 2.75) is 69.7 Å². The second kappa shape index (κ2) is 7.12. The van der Waals surface area contributed by atoms with Gasteiger partial charge in [-0.3, -0.25) is 0 Å². The van der Waals surface area contributed by atoms with Crippen LogP contribution in [0.15, 0.2) is 29.2 Å². The van der Waals surface area contributed by atoms with E-state index in [2.05, 4.69) is 20.8 Å². The van der Waals surface area contributed by atoms with Crippen molar-refractivity contribution in [3.8, 4) is 0 Å². The molecule has 1 saturated heterocycles. The van der Waals surface area contributed by atoms with Gasteiger partial charge in [-0.25, -0.2) is 8.42 Å². The number of aryl methyl sites for hydroxylation is 1. The van der Waals surface area contributed by atoms with Gasteiger partial charge in [0.15, 0.2) is 0 Å². The van der Waals surface area contributed by atoms with E-state index < -0.39 is 10.0 Å². The van der Waals surface area contributed by atoms with E-state index in [0.717, 1.165) is 31.2 Å². The molecule has 2 atom stereocenters. The number of piperidine rings is 1. The lowest BCUT2D eigenvalue weighted by Gasteiger charge is -2.47. The number of hydrogen-bond acceptors (Lipinski definition) is 2. The van der Waals surface area contributed by atoms with Gasteiger partial charge in [-0.15, -0.1) is 11.6 Å². The van der Waals surface area contributed by atoms with Crippen LogP contribution < -0.4 is 0 Å². The normalized spacial score (nSPS) is 25.4. The van der Waals surface area contributed by atoms with Crippen LogP contribution in [0.25, 0.3) is 0 Å². The van der Waals surface area contributed by atoms with Gasteiger partial charge in [0.25, 0.3) is 0 Å². The molecular formula is C18H28ClNO2S. The molecule has 1 aliphatic rings. The topological polar surface area (TPSA) is 37.4 Å². The van der Waals surface area contributed by atoms with E-state index in [4.69, 9.17) is 11.6 Å². The molecule has 5 heteroatoms. The van der Waals surface area contributed by atoms with Crippen molar-refractivity contribution in [2.75, 3.05) is 6.54 Å². The molecule has 0 amide bonds. The van der Waals surface area contributed by atoms with Gasteiger partial charge in [-0.05, 0) is 37.3 Å². The van der Waals surface area contributed by atoms with E-state index in [1.54, 1.807) is 16.4 Å². The van der Waals surface area contributed by atoms with Crippen LogP contribution in [0.5, 0.6) is 0 Å². The number of unbranched alkanes of at least 4 members (excludes halogenated alkanes) is 1. The van der Waals surface area contributed by atoms with Gasteiger partial charge in [-0.2, -0.15) is 4.31 Å². The van der Waals surface area contributed by atoms with Gasteiger partial charge >= 0.3 is 0 Å². The Bertz CT molecular complexity index is 625. The summed E-state index contributed by atoms with van der Waals surface area (Å²) in [7, 11) is -3.51. The lowest BCUT2D eigenvalue weighted by Crippen LogP contribution is -2.55. The second-order valence-electron chi connectivity index (χ2n) is 7.34. The number of benzene rings is 1. The predicted octanol–water partition coefficient (Wildman–Crippen LogP) is 4.58. The van der Waals surface area contributed by atoms with Crippen LogP contribution in [0, 0.1) is 12.3 Å². The van der Waals surface area contributed by atoms with Gasteiger partial charge in [0.1, 0.15) is 0 Å². The Hall–Kier alpha value is -0.580. The zero-order valence-corrected chi connectivity index (χ0v) is 16.1. The SMILES string of the molecule is CCCC[C@@H]1N(S(=O)(=O)c2ccc(C)cc2)C[C@H](Cl)CC1(C)C. The third kappa shape index (κ3) is 4.09. The fourth-order valence-electron chi connectivity index (χ4n) is 3.53. The minimum Gasteiger partial charge on any atom is -0.207 e. The van der Waals surface area contributed by atoms with Crippen LogP contribution in [-0.2, 0) is 10.0 Å². The van der Waals surface area contributed by atoms with Crippen molar-refractivity contribution in [2.24, 2.45) is 5.41 Å². The summed E-state index contributed by atoms with van der Waals surface area (Å²) in [5, 5.41) is -0.136. The fourth-order valence-corrected chi connectivity index (χ4v) is 6.01. The van der Waals surface area contributed by atoms with Crippen molar-refractivity contribution in [1.29, 1.82) is 0 Å². The molecule has 130 valence electrons. The first-order valence-corrected chi connectivity index (χ1v) is 10.3. The average molecular weight is 358 g/mol. The number of hydrogen-bond donors (Lipinski definition) is 0. The van der Waals surface area contributed by atoms with Crippen molar-refractivity contribution >= 4 is 21.6 Å². The summed E-state index contributed by atoms with van der Waals surface area (Å²) in [5.74, 6) is 0. The van der Waals surface area contributed by atoms with Crippen LogP contribution in [0.1, 0.15) is 52.0 Å². The van der Waals surface area contributed by atoms with Crippen molar-refractivity contribution in [3.05, 3.63) is 29.8 Å². The van der Waals surface area contributed by atoms with E-state index in [0.29, 0.717) is 11.4 Å². The summed E-state index contributed by atoms with van der Waals surface area (Å²) < 4.78 is 28.0. The molecule has 0 spiro atoms. The molecule has 23 heavy (non-hydrogen) atoms. The summed E-state index contributed by atoms with van der Waals surface area (Å²) in [6, 6.07) is 7.10. The third-order valence-corrected chi connectivity index (χ3v) is 7.02. The summed E-state index contributed by atoms with van der Waals surface area (Å²) in [6.45, 7) is 8.77. The Kier molecular flexibility index (Phi) is 5.81. The van der Waals surface area contributed by atoms with E-state index >= 15 is 0 Å². The van der Waals surface area contributed by atoms with Crippen molar-refractivity contribution in [3.63, 3.8) is 0 Å². The number of sulfonamides is 1. The number of alkyl halides is 1. The molecule has 1 heterocycles. The van der Waals surface area contributed by atoms with Crippen molar-refractivity contribution < 1.29 is 8.42 Å². The van der Waals surface area contributed by atoms with E-state index in [-0.39, 0.29) is 16.8 Å². The molecule has 0 aliphatic carbocycles. The first-order valence-electron chi connectivity index (χ1n) is 8.41. The number of nitrogens with zero attached hydrogens (tertiary/aromatic N) is 1. The largest absolute Gasteiger partial charge is 0.243 e. The van der Waals surface area contributed by atoms with Crippen LogP contribution in [-0.4, -0.2) is 30.7 Å². The quantitative estimate of drug-likeness (QED) is 0.723. The highest BCUT2D eigenvalue weighted by atomic mass is 35.5.